The Morgan fingerprint density at radius 1 is 1.28 bits per heavy atom. The molecular weight excluding hydrogens is 252 g/mol. The first kappa shape index (κ1) is 12.6. The van der Waals surface area contributed by atoms with Gasteiger partial charge in [-0.2, -0.15) is 0 Å². The van der Waals surface area contributed by atoms with Crippen molar-refractivity contribution in [1.29, 1.82) is 0 Å². The number of Topliss-reactive ketones (excluding diaryl/α,β-unsaturated/α-hetero) is 1. The lowest BCUT2D eigenvalue weighted by atomic mass is 10.1. The van der Waals surface area contributed by atoms with E-state index in [1.807, 2.05) is 11.4 Å². The Morgan fingerprint density at radius 2 is 2.06 bits per heavy atom. The van der Waals surface area contributed by atoms with Crippen LogP contribution in [0.2, 0.25) is 0 Å². The molecule has 0 aliphatic carbocycles. The van der Waals surface area contributed by atoms with E-state index >= 15 is 0 Å². The molecule has 1 aromatic carbocycles. The number of rotatable bonds is 4. The van der Waals surface area contributed by atoms with Crippen LogP contribution in [-0.4, -0.2) is 25.5 Å². The maximum atomic E-state index is 11.9. The van der Waals surface area contributed by atoms with Gasteiger partial charge in [-0.15, -0.1) is 11.3 Å². The summed E-state index contributed by atoms with van der Waals surface area (Å²) in [6.45, 7) is 1.83. The third-order valence-corrected chi connectivity index (χ3v) is 3.38. The highest BCUT2D eigenvalue weighted by atomic mass is 32.1. The van der Waals surface area contributed by atoms with Crippen LogP contribution < -0.4 is 4.74 Å². The maximum absolute atomic E-state index is 11.9. The zero-order chi connectivity index (χ0) is 13.1. The number of thiophene rings is 1. The van der Waals surface area contributed by atoms with E-state index in [0.29, 0.717) is 5.75 Å². The number of fused-ring (bicyclic) bond motifs is 1. The Kier molecular flexibility index (Phi) is 3.62. The molecule has 1 heterocycles. The van der Waals surface area contributed by atoms with Crippen molar-refractivity contribution in [3.63, 3.8) is 0 Å². The van der Waals surface area contributed by atoms with Crippen LogP contribution in [-0.2, 0) is 9.53 Å². The molecule has 2 aromatic rings. The average Bonchev–Trinajstić information content (AvgIpc) is 2.85. The molecule has 0 fully saturated rings. The number of carbonyl (C=O) groups is 2. The second kappa shape index (κ2) is 5.18. The molecule has 0 spiro atoms. The molecular formula is C13H12O4S. The summed E-state index contributed by atoms with van der Waals surface area (Å²) in [5.74, 6) is -1.11. The van der Waals surface area contributed by atoms with E-state index in [4.69, 9.17) is 9.47 Å². The summed E-state index contributed by atoms with van der Waals surface area (Å²) in [4.78, 5) is 23.4. The Balaban J connectivity index is 2.50. The zero-order valence-electron chi connectivity index (χ0n) is 10.1. The van der Waals surface area contributed by atoms with Crippen molar-refractivity contribution in [2.24, 2.45) is 0 Å². The summed E-state index contributed by atoms with van der Waals surface area (Å²) < 4.78 is 11.0. The summed E-state index contributed by atoms with van der Waals surface area (Å²) in [6.07, 6.45) is 0. The lowest BCUT2D eigenvalue weighted by molar-refractivity contribution is -0.137. The summed E-state index contributed by atoms with van der Waals surface area (Å²) in [5.41, 5.74) is 0.238. The molecule has 0 atom stereocenters. The maximum Gasteiger partial charge on any atom is 0.379 e. The second-order valence-electron chi connectivity index (χ2n) is 3.53. The average molecular weight is 264 g/mol. The number of hydrogen-bond donors (Lipinski definition) is 0. The van der Waals surface area contributed by atoms with Gasteiger partial charge in [-0.3, -0.25) is 4.79 Å². The van der Waals surface area contributed by atoms with Crippen LogP contribution >= 0.6 is 11.3 Å². The molecule has 94 valence electrons. The largest absolute Gasteiger partial charge is 0.495 e. The highest BCUT2D eigenvalue weighted by Crippen LogP contribution is 2.33. The number of carbonyl (C=O) groups excluding carboxylic acids is 2. The van der Waals surface area contributed by atoms with Crippen molar-refractivity contribution in [3.05, 3.63) is 29.1 Å². The minimum Gasteiger partial charge on any atom is -0.495 e. The Bertz CT molecular complexity index is 600. The van der Waals surface area contributed by atoms with Gasteiger partial charge in [-0.1, -0.05) is 0 Å². The van der Waals surface area contributed by atoms with Crippen molar-refractivity contribution in [1.82, 2.24) is 0 Å². The van der Waals surface area contributed by atoms with Gasteiger partial charge < -0.3 is 9.47 Å². The lowest BCUT2D eigenvalue weighted by Crippen LogP contribution is -2.18. The van der Waals surface area contributed by atoms with E-state index in [0.717, 1.165) is 10.1 Å². The summed E-state index contributed by atoms with van der Waals surface area (Å²) in [7, 11) is 1.48. The fourth-order valence-electron chi connectivity index (χ4n) is 1.72. The standard InChI is InChI=1S/C13H12O4S/c1-3-17-13(15)11(14)9-4-5-10-8(6-7-18-10)12(9)16-2/h4-7H,3H2,1-2H3. The molecule has 0 radical (unpaired) electrons. The number of methoxy groups -OCH3 is 1. The summed E-state index contributed by atoms with van der Waals surface area (Å²) >= 11 is 1.55. The van der Waals surface area contributed by atoms with Crippen LogP contribution in [0.15, 0.2) is 23.6 Å². The minimum atomic E-state index is -0.856. The first-order chi connectivity index (χ1) is 8.69. The highest BCUT2D eigenvalue weighted by Gasteiger charge is 2.23. The first-order valence-corrected chi connectivity index (χ1v) is 6.32. The van der Waals surface area contributed by atoms with Crippen molar-refractivity contribution in [2.75, 3.05) is 13.7 Å². The van der Waals surface area contributed by atoms with Crippen LogP contribution in [0, 0.1) is 0 Å². The van der Waals surface area contributed by atoms with Crippen LogP contribution in [0.5, 0.6) is 5.75 Å². The van der Waals surface area contributed by atoms with Gasteiger partial charge in [0, 0.05) is 10.1 Å². The van der Waals surface area contributed by atoms with Gasteiger partial charge in [-0.25, -0.2) is 4.79 Å². The topological polar surface area (TPSA) is 52.6 Å². The quantitative estimate of drug-likeness (QED) is 0.484. The van der Waals surface area contributed by atoms with Crippen LogP contribution in [0.4, 0.5) is 0 Å². The van der Waals surface area contributed by atoms with Crippen molar-refractivity contribution >= 4 is 33.2 Å². The van der Waals surface area contributed by atoms with E-state index in [2.05, 4.69) is 0 Å². The second-order valence-corrected chi connectivity index (χ2v) is 4.48. The first-order valence-electron chi connectivity index (χ1n) is 5.44. The number of hydrogen-bond acceptors (Lipinski definition) is 5. The minimum absolute atomic E-state index is 0.174. The molecule has 0 amide bonds. The normalized spacial score (nSPS) is 10.3. The molecule has 0 saturated heterocycles. The predicted octanol–water partition coefficient (Wildman–Crippen LogP) is 2.66. The van der Waals surface area contributed by atoms with Crippen molar-refractivity contribution < 1.29 is 19.1 Å². The van der Waals surface area contributed by atoms with Gasteiger partial charge in [0.05, 0.1) is 19.3 Å². The van der Waals surface area contributed by atoms with Gasteiger partial charge in [-0.05, 0) is 30.5 Å². The summed E-state index contributed by atoms with van der Waals surface area (Å²) in [6, 6.07) is 5.26. The molecule has 4 nitrogen and oxygen atoms in total. The van der Waals surface area contributed by atoms with Crippen LogP contribution in [0.1, 0.15) is 17.3 Å². The molecule has 0 aliphatic heterocycles. The van der Waals surface area contributed by atoms with Gasteiger partial charge in [0.2, 0.25) is 0 Å². The van der Waals surface area contributed by atoms with Crippen molar-refractivity contribution in [2.45, 2.75) is 6.92 Å². The Labute approximate surface area is 108 Å². The summed E-state index contributed by atoms with van der Waals surface area (Å²) in [5, 5.41) is 2.74. The zero-order valence-corrected chi connectivity index (χ0v) is 10.9. The molecule has 0 N–H and O–H groups in total. The lowest BCUT2D eigenvalue weighted by Gasteiger charge is -2.08. The van der Waals surface area contributed by atoms with E-state index in [9.17, 15) is 9.59 Å². The van der Waals surface area contributed by atoms with Crippen LogP contribution in [0.3, 0.4) is 0 Å². The van der Waals surface area contributed by atoms with E-state index in [1.54, 1.807) is 30.4 Å². The fourth-order valence-corrected chi connectivity index (χ4v) is 2.51. The fraction of sp³-hybridized carbons (Fsp3) is 0.231. The molecule has 0 unspecified atom stereocenters. The number of benzene rings is 1. The third-order valence-electron chi connectivity index (χ3n) is 2.50. The van der Waals surface area contributed by atoms with Gasteiger partial charge >= 0.3 is 5.97 Å². The number of ether oxygens (including phenoxy) is 2. The van der Waals surface area contributed by atoms with Crippen molar-refractivity contribution in [3.8, 4) is 5.75 Å². The molecule has 1 aromatic heterocycles. The van der Waals surface area contributed by atoms with Gasteiger partial charge in [0.1, 0.15) is 5.75 Å². The highest BCUT2D eigenvalue weighted by molar-refractivity contribution is 7.17. The number of esters is 1. The van der Waals surface area contributed by atoms with Gasteiger partial charge in [0.25, 0.3) is 5.78 Å². The molecule has 5 heteroatoms. The Morgan fingerprint density at radius 3 is 2.72 bits per heavy atom. The molecule has 2 rings (SSSR count). The van der Waals surface area contributed by atoms with E-state index in [1.165, 1.54) is 7.11 Å². The van der Waals surface area contributed by atoms with E-state index < -0.39 is 11.8 Å². The SMILES string of the molecule is CCOC(=O)C(=O)c1ccc2sccc2c1OC. The monoisotopic (exact) mass is 264 g/mol. The molecule has 0 bridgehead atoms. The molecule has 18 heavy (non-hydrogen) atoms. The number of ketones is 1. The predicted molar refractivity (Wildman–Crippen MR) is 69.3 cm³/mol. The van der Waals surface area contributed by atoms with E-state index in [-0.39, 0.29) is 12.2 Å². The van der Waals surface area contributed by atoms with Crippen LogP contribution in [0.25, 0.3) is 10.1 Å². The smallest absolute Gasteiger partial charge is 0.379 e. The Hall–Kier alpha value is -1.88. The molecule has 0 saturated carbocycles. The van der Waals surface area contributed by atoms with Gasteiger partial charge in [0.15, 0.2) is 0 Å². The molecule has 0 aliphatic rings. The third kappa shape index (κ3) is 2.09.